The number of carboxylic acid groups (broad SMARTS) is 1. The van der Waals surface area contributed by atoms with E-state index in [4.69, 9.17) is 5.11 Å². The molecule has 0 spiro atoms. The lowest BCUT2D eigenvalue weighted by molar-refractivity contribution is -0.139. The number of aliphatic hydroxyl groups is 1. The molecule has 0 aromatic rings. The quantitative estimate of drug-likeness (QED) is 0.657. The van der Waals surface area contributed by atoms with Gasteiger partial charge in [0.1, 0.15) is 0 Å². The van der Waals surface area contributed by atoms with E-state index in [1.165, 1.54) is 0 Å². The highest BCUT2D eigenvalue weighted by molar-refractivity contribution is 5.71. The van der Waals surface area contributed by atoms with E-state index < -0.39 is 11.9 Å². The Hall–Kier alpha value is -0.830. The van der Waals surface area contributed by atoms with Gasteiger partial charge in [0.05, 0.1) is 12.0 Å². The van der Waals surface area contributed by atoms with Crippen molar-refractivity contribution in [1.29, 1.82) is 0 Å². The third-order valence-electron chi connectivity index (χ3n) is 3.56. The molecule has 0 saturated heterocycles. The summed E-state index contributed by atoms with van der Waals surface area (Å²) < 4.78 is 0. The lowest BCUT2D eigenvalue weighted by atomic mass is 9.90. The molecule has 2 saturated carbocycles. The Morgan fingerprint density at radius 1 is 1.57 bits per heavy atom. The van der Waals surface area contributed by atoms with Crippen LogP contribution in [0.3, 0.4) is 0 Å². The number of fused-ring (bicyclic) bond motifs is 2. The van der Waals surface area contributed by atoms with Crippen LogP contribution in [0.2, 0.25) is 0 Å². The molecule has 2 aliphatic carbocycles. The zero-order valence-electron chi connectivity index (χ0n) is 8.31. The number of rotatable bonds is 2. The highest BCUT2D eigenvalue weighted by Crippen LogP contribution is 2.48. The fourth-order valence-electron chi connectivity index (χ4n) is 2.71. The third-order valence-corrected chi connectivity index (χ3v) is 3.56. The van der Waals surface area contributed by atoms with Gasteiger partial charge in [-0.1, -0.05) is 6.08 Å². The van der Waals surface area contributed by atoms with Crippen LogP contribution in [-0.4, -0.2) is 22.3 Å². The fourth-order valence-corrected chi connectivity index (χ4v) is 2.71. The zero-order valence-corrected chi connectivity index (χ0v) is 8.31. The number of carboxylic acids is 1. The molecule has 0 amide bonds. The Labute approximate surface area is 83.4 Å². The molecule has 0 radical (unpaired) electrons. The molecule has 0 unspecified atom stereocenters. The molecule has 2 N–H and O–H groups in total. The molecule has 3 nitrogen and oxygen atoms in total. The number of aliphatic carboxylic acids is 1. The second-order valence-electron chi connectivity index (χ2n) is 4.51. The first kappa shape index (κ1) is 9.71. The Morgan fingerprint density at radius 3 is 2.79 bits per heavy atom. The molecule has 3 heteroatoms. The number of hydrogen-bond acceptors (Lipinski definition) is 2. The molecule has 2 bridgehead atoms. The standard InChI is InChI=1S/C11H16O3/c1-6(11(13)14)4-9-7-2-3-8(5-7)10(9)12/h4,6-8,10,12H,2-3,5H2,1H3,(H,13,14)/b9-4+/t6-,7+,8-,10+/m0/s1. The van der Waals surface area contributed by atoms with Gasteiger partial charge in [-0.25, -0.2) is 0 Å². The van der Waals surface area contributed by atoms with Crippen LogP contribution < -0.4 is 0 Å². The van der Waals surface area contributed by atoms with Crippen molar-refractivity contribution in [2.45, 2.75) is 32.3 Å². The summed E-state index contributed by atoms with van der Waals surface area (Å²) in [5.41, 5.74) is 0.983. The van der Waals surface area contributed by atoms with Gasteiger partial charge in [-0.15, -0.1) is 0 Å². The molecule has 14 heavy (non-hydrogen) atoms. The van der Waals surface area contributed by atoms with Crippen molar-refractivity contribution in [3.05, 3.63) is 11.6 Å². The van der Waals surface area contributed by atoms with Crippen molar-refractivity contribution in [2.75, 3.05) is 0 Å². The highest BCUT2D eigenvalue weighted by Gasteiger charge is 2.42. The SMILES string of the molecule is C[C@@H](/C=C1\[C@@H]2CC[C@@H](C2)[C@H]1O)C(=O)O. The summed E-state index contributed by atoms with van der Waals surface area (Å²) >= 11 is 0. The minimum Gasteiger partial charge on any atom is -0.481 e. The van der Waals surface area contributed by atoms with E-state index in [1.807, 2.05) is 0 Å². The van der Waals surface area contributed by atoms with E-state index in [2.05, 4.69) is 0 Å². The second-order valence-corrected chi connectivity index (χ2v) is 4.51. The summed E-state index contributed by atoms with van der Waals surface area (Å²) in [5.74, 6) is -0.435. The first-order valence-electron chi connectivity index (χ1n) is 5.22. The summed E-state index contributed by atoms with van der Waals surface area (Å²) in [6.45, 7) is 1.66. The Morgan fingerprint density at radius 2 is 2.29 bits per heavy atom. The van der Waals surface area contributed by atoms with Crippen LogP contribution in [0.4, 0.5) is 0 Å². The van der Waals surface area contributed by atoms with E-state index in [0.29, 0.717) is 11.8 Å². The molecular weight excluding hydrogens is 180 g/mol. The van der Waals surface area contributed by atoms with Gasteiger partial charge < -0.3 is 10.2 Å². The molecular formula is C11H16O3. The second kappa shape index (κ2) is 3.39. The maximum Gasteiger partial charge on any atom is 0.310 e. The van der Waals surface area contributed by atoms with Gasteiger partial charge in [-0.05, 0) is 43.6 Å². The highest BCUT2D eigenvalue weighted by atomic mass is 16.4. The van der Waals surface area contributed by atoms with Crippen molar-refractivity contribution in [1.82, 2.24) is 0 Å². The van der Waals surface area contributed by atoms with Crippen LogP contribution in [0.15, 0.2) is 11.6 Å². The number of hydrogen-bond donors (Lipinski definition) is 2. The van der Waals surface area contributed by atoms with Crippen LogP contribution in [-0.2, 0) is 4.79 Å². The number of aliphatic hydroxyl groups excluding tert-OH is 1. The predicted octanol–water partition coefficient (Wildman–Crippen LogP) is 1.42. The summed E-state index contributed by atoms with van der Waals surface area (Å²) in [7, 11) is 0. The largest absolute Gasteiger partial charge is 0.481 e. The van der Waals surface area contributed by atoms with Gasteiger partial charge in [0.2, 0.25) is 0 Å². The normalized spacial score (nSPS) is 40.4. The topological polar surface area (TPSA) is 57.5 Å². The minimum absolute atomic E-state index is 0.365. The van der Waals surface area contributed by atoms with Gasteiger partial charge in [-0.2, -0.15) is 0 Å². The summed E-state index contributed by atoms with van der Waals surface area (Å²) in [6.07, 6.45) is 4.66. The van der Waals surface area contributed by atoms with Crippen LogP contribution in [0.25, 0.3) is 0 Å². The molecule has 78 valence electrons. The molecule has 0 heterocycles. The minimum atomic E-state index is -0.813. The van der Waals surface area contributed by atoms with Crippen molar-refractivity contribution in [3.8, 4) is 0 Å². The average molecular weight is 196 g/mol. The lowest BCUT2D eigenvalue weighted by Gasteiger charge is -2.20. The van der Waals surface area contributed by atoms with Crippen LogP contribution >= 0.6 is 0 Å². The molecule has 2 fully saturated rings. The monoisotopic (exact) mass is 196 g/mol. The van der Waals surface area contributed by atoms with E-state index in [0.717, 1.165) is 24.8 Å². The molecule has 2 rings (SSSR count). The van der Waals surface area contributed by atoms with E-state index in [-0.39, 0.29) is 6.10 Å². The molecule has 4 atom stereocenters. The Kier molecular flexibility index (Phi) is 2.35. The number of carbonyl (C=O) groups is 1. The fraction of sp³-hybridized carbons (Fsp3) is 0.727. The first-order chi connectivity index (χ1) is 6.59. The molecule has 0 aromatic heterocycles. The van der Waals surface area contributed by atoms with Crippen molar-refractivity contribution in [2.24, 2.45) is 17.8 Å². The summed E-state index contributed by atoms with van der Waals surface area (Å²) in [6, 6.07) is 0. The average Bonchev–Trinajstić information content (AvgIpc) is 2.69. The van der Waals surface area contributed by atoms with Crippen molar-refractivity contribution >= 4 is 5.97 Å². The molecule has 0 aromatic carbocycles. The molecule has 0 aliphatic heterocycles. The van der Waals surface area contributed by atoms with Gasteiger partial charge in [0, 0.05) is 0 Å². The zero-order chi connectivity index (χ0) is 10.3. The third kappa shape index (κ3) is 1.46. The Bertz CT molecular complexity index is 278. The lowest BCUT2D eigenvalue weighted by Crippen LogP contribution is -2.20. The van der Waals surface area contributed by atoms with Gasteiger partial charge in [-0.3, -0.25) is 4.79 Å². The first-order valence-corrected chi connectivity index (χ1v) is 5.22. The molecule has 2 aliphatic rings. The van der Waals surface area contributed by atoms with Crippen LogP contribution in [0, 0.1) is 17.8 Å². The maximum absolute atomic E-state index is 10.7. The van der Waals surface area contributed by atoms with Gasteiger partial charge in [0.15, 0.2) is 0 Å². The van der Waals surface area contributed by atoms with Gasteiger partial charge in [0.25, 0.3) is 0 Å². The maximum atomic E-state index is 10.7. The van der Waals surface area contributed by atoms with Crippen molar-refractivity contribution in [3.63, 3.8) is 0 Å². The predicted molar refractivity (Wildman–Crippen MR) is 51.7 cm³/mol. The van der Waals surface area contributed by atoms with E-state index in [1.54, 1.807) is 13.0 Å². The van der Waals surface area contributed by atoms with Crippen LogP contribution in [0.1, 0.15) is 26.2 Å². The summed E-state index contributed by atoms with van der Waals surface area (Å²) in [4.78, 5) is 10.7. The summed E-state index contributed by atoms with van der Waals surface area (Å²) in [5, 5.41) is 18.6. The van der Waals surface area contributed by atoms with E-state index in [9.17, 15) is 9.90 Å². The van der Waals surface area contributed by atoms with Crippen molar-refractivity contribution < 1.29 is 15.0 Å². The smallest absolute Gasteiger partial charge is 0.310 e. The van der Waals surface area contributed by atoms with Gasteiger partial charge >= 0.3 is 5.97 Å². The van der Waals surface area contributed by atoms with Crippen LogP contribution in [0.5, 0.6) is 0 Å². The Balaban J connectivity index is 2.15. The van der Waals surface area contributed by atoms with E-state index >= 15 is 0 Å².